The first kappa shape index (κ1) is 17.5. The number of rotatable bonds is 2. The van der Waals surface area contributed by atoms with Crippen molar-refractivity contribution in [1.29, 1.82) is 0 Å². The number of fused-ring (bicyclic) bond motifs is 1. The molecule has 4 rings (SSSR count). The molecule has 0 aromatic carbocycles. The maximum atomic E-state index is 12.6. The Morgan fingerprint density at radius 1 is 1.37 bits per heavy atom. The number of halogens is 3. The van der Waals surface area contributed by atoms with Gasteiger partial charge < -0.3 is 14.7 Å². The van der Waals surface area contributed by atoms with E-state index in [1.807, 2.05) is 0 Å². The van der Waals surface area contributed by atoms with Gasteiger partial charge >= 0.3 is 18.1 Å². The van der Waals surface area contributed by atoms with Crippen molar-refractivity contribution in [2.45, 2.75) is 19.1 Å². The minimum atomic E-state index is -4.68. The molecule has 2 amide bonds. The Labute approximate surface area is 154 Å². The number of carbonyl (C=O) groups is 1. The van der Waals surface area contributed by atoms with Crippen molar-refractivity contribution in [1.82, 2.24) is 20.0 Å². The van der Waals surface area contributed by atoms with E-state index < -0.39 is 12.1 Å². The van der Waals surface area contributed by atoms with Gasteiger partial charge in [-0.3, -0.25) is 4.98 Å². The Kier molecular flexibility index (Phi) is 4.30. The molecule has 27 heavy (non-hydrogen) atoms. The summed E-state index contributed by atoms with van der Waals surface area (Å²) in [4.78, 5) is 22.8. The zero-order valence-electron chi connectivity index (χ0n) is 13.7. The lowest BCUT2D eigenvalue weighted by Gasteiger charge is -2.27. The van der Waals surface area contributed by atoms with Crippen LogP contribution in [0.3, 0.4) is 0 Å². The van der Waals surface area contributed by atoms with Gasteiger partial charge in [0, 0.05) is 24.2 Å². The molecule has 1 aliphatic heterocycles. The van der Waals surface area contributed by atoms with E-state index in [-0.39, 0.29) is 11.9 Å². The molecule has 0 saturated carbocycles. The number of anilines is 1. The average molecular weight is 395 g/mol. The van der Waals surface area contributed by atoms with E-state index in [1.165, 1.54) is 11.3 Å². The molecule has 140 valence electrons. The molecule has 1 N–H and O–H groups in total. The lowest BCUT2D eigenvalue weighted by Crippen LogP contribution is -2.38. The van der Waals surface area contributed by atoms with Gasteiger partial charge in [-0.2, -0.15) is 18.2 Å². The third kappa shape index (κ3) is 3.63. The quantitative estimate of drug-likeness (QED) is 0.714. The lowest BCUT2D eigenvalue weighted by molar-refractivity contribution is -0.159. The van der Waals surface area contributed by atoms with Gasteiger partial charge in [-0.1, -0.05) is 5.16 Å². The van der Waals surface area contributed by atoms with Crippen molar-refractivity contribution in [2.24, 2.45) is 0 Å². The van der Waals surface area contributed by atoms with Crippen molar-refractivity contribution in [2.75, 3.05) is 11.9 Å². The van der Waals surface area contributed by atoms with Crippen LogP contribution in [-0.2, 0) is 19.1 Å². The van der Waals surface area contributed by atoms with E-state index in [2.05, 4.69) is 25.0 Å². The van der Waals surface area contributed by atoms with Crippen LogP contribution >= 0.6 is 11.3 Å². The van der Waals surface area contributed by atoms with Crippen LogP contribution < -0.4 is 5.32 Å². The van der Waals surface area contributed by atoms with Crippen LogP contribution in [0, 0.1) is 0 Å². The van der Waals surface area contributed by atoms with E-state index in [4.69, 9.17) is 0 Å². The third-order valence-corrected chi connectivity index (χ3v) is 5.19. The Hall–Kier alpha value is -2.95. The first-order valence-corrected chi connectivity index (χ1v) is 8.70. The Bertz CT molecular complexity index is 970. The SMILES string of the molecule is O=C(Nc1cccnc1)N1CCc2sc(-c3noc(C(F)(F)F)n3)cc2C1. The summed E-state index contributed by atoms with van der Waals surface area (Å²) in [5, 5.41) is 6.17. The van der Waals surface area contributed by atoms with Crippen molar-refractivity contribution in [3.8, 4) is 10.7 Å². The fraction of sp³-hybridized carbons (Fsp3) is 0.250. The van der Waals surface area contributed by atoms with Crippen LogP contribution in [0.1, 0.15) is 16.3 Å². The zero-order chi connectivity index (χ0) is 19.0. The predicted octanol–water partition coefficient (Wildman–Crippen LogP) is 3.80. The highest BCUT2D eigenvalue weighted by Crippen LogP contribution is 2.35. The second-order valence-electron chi connectivity index (χ2n) is 5.82. The molecule has 0 bridgehead atoms. The summed E-state index contributed by atoms with van der Waals surface area (Å²) in [7, 11) is 0. The summed E-state index contributed by atoms with van der Waals surface area (Å²) in [6, 6.07) is 4.89. The fourth-order valence-electron chi connectivity index (χ4n) is 2.69. The highest BCUT2D eigenvalue weighted by atomic mass is 32.1. The smallest absolute Gasteiger partial charge is 0.329 e. The van der Waals surface area contributed by atoms with E-state index in [0.717, 1.165) is 10.4 Å². The number of hydrogen-bond donors (Lipinski definition) is 1. The highest BCUT2D eigenvalue weighted by Gasteiger charge is 2.38. The van der Waals surface area contributed by atoms with Gasteiger partial charge in [-0.25, -0.2) is 4.79 Å². The molecule has 0 atom stereocenters. The molecule has 3 aromatic rings. The molecule has 3 aromatic heterocycles. The van der Waals surface area contributed by atoms with Gasteiger partial charge in [0.15, 0.2) is 0 Å². The van der Waals surface area contributed by atoms with Gasteiger partial charge in [0.2, 0.25) is 5.82 Å². The largest absolute Gasteiger partial charge is 0.471 e. The van der Waals surface area contributed by atoms with Gasteiger partial charge in [-0.05, 0) is 30.2 Å². The topological polar surface area (TPSA) is 84.2 Å². The van der Waals surface area contributed by atoms with Crippen LogP contribution in [0.15, 0.2) is 35.1 Å². The maximum absolute atomic E-state index is 12.6. The zero-order valence-corrected chi connectivity index (χ0v) is 14.5. The molecular formula is C16H12F3N5O2S. The Balaban J connectivity index is 1.49. The molecular weight excluding hydrogens is 383 g/mol. The molecule has 0 spiro atoms. The van der Waals surface area contributed by atoms with Crippen molar-refractivity contribution < 1.29 is 22.5 Å². The number of urea groups is 1. The first-order valence-electron chi connectivity index (χ1n) is 7.89. The molecule has 7 nitrogen and oxygen atoms in total. The van der Waals surface area contributed by atoms with Gasteiger partial charge in [0.1, 0.15) is 0 Å². The minimum Gasteiger partial charge on any atom is -0.329 e. The van der Waals surface area contributed by atoms with Crippen molar-refractivity contribution in [3.05, 3.63) is 46.9 Å². The number of nitrogens with one attached hydrogen (secondary N) is 1. The van der Waals surface area contributed by atoms with E-state index >= 15 is 0 Å². The van der Waals surface area contributed by atoms with Crippen LogP contribution in [0.4, 0.5) is 23.7 Å². The summed E-state index contributed by atoms with van der Waals surface area (Å²) in [5.41, 5.74) is 1.45. The fourth-order valence-corrected chi connectivity index (χ4v) is 3.78. The van der Waals surface area contributed by atoms with Crippen LogP contribution in [0.25, 0.3) is 10.7 Å². The highest BCUT2D eigenvalue weighted by molar-refractivity contribution is 7.15. The van der Waals surface area contributed by atoms with Crippen LogP contribution in [-0.4, -0.2) is 32.6 Å². The number of amides is 2. The van der Waals surface area contributed by atoms with Crippen molar-refractivity contribution >= 4 is 23.1 Å². The number of nitrogens with zero attached hydrogens (tertiary/aromatic N) is 4. The molecule has 4 heterocycles. The number of hydrogen-bond acceptors (Lipinski definition) is 6. The second-order valence-corrected chi connectivity index (χ2v) is 6.96. The van der Waals surface area contributed by atoms with Crippen molar-refractivity contribution in [3.63, 3.8) is 0 Å². The van der Waals surface area contributed by atoms with E-state index in [9.17, 15) is 18.0 Å². The maximum Gasteiger partial charge on any atom is 0.471 e. The number of thiophene rings is 1. The van der Waals surface area contributed by atoms with Gasteiger partial charge in [-0.15, -0.1) is 11.3 Å². The van der Waals surface area contributed by atoms with Crippen LogP contribution in [0.2, 0.25) is 0 Å². The summed E-state index contributed by atoms with van der Waals surface area (Å²) in [6.45, 7) is 0.848. The third-order valence-electron chi connectivity index (χ3n) is 3.96. The average Bonchev–Trinajstić information content (AvgIpc) is 3.28. The molecule has 1 aliphatic rings. The summed E-state index contributed by atoms with van der Waals surface area (Å²) < 4.78 is 42.1. The minimum absolute atomic E-state index is 0.104. The summed E-state index contributed by atoms with van der Waals surface area (Å²) in [5.74, 6) is -1.48. The molecule has 0 aliphatic carbocycles. The summed E-state index contributed by atoms with van der Waals surface area (Å²) in [6.07, 6.45) is -0.921. The second kappa shape index (κ2) is 6.65. The molecule has 0 radical (unpaired) electrons. The molecule has 0 fully saturated rings. The predicted molar refractivity (Wildman–Crippen MR) is 90.0 cm³/mol. The molecule has 11 heteroatoms. The number of alkyl halides is 3. The monoisotopic (exact) mass is 395 g/mol. The molecule has 0 unspecified atom stereocenters. The summed E-state index contributed by atoms with van der Waals surface area (Å²) >= 11 is 1.31. The number of pyridine rings is 1. The Morgan fingerprint density at radius 3 is 2.93 bits per heavy atom. The number of aromatic nitrogens is 3. The van der Waals surface area contributed by atoms with Gasteiger partial charge in [0.25, 0.3) is 0 Å². The van der Waals surface area contributed by atoms with Crippen LogP contribution in [0.5, 0.6) is 0 Å². The van der Waals surface area contributed by atoms with E-state index in [0.29, 0.717) is 30.1 Å². The lowest BCUT2D eigenvalue weighted by atomic mass is 10.1. The van der Waals surface area contributed by atoms with E-state index in [1.54, 1.807) is 35.5 Å². The number of carbonyl (C=O) groups excluding carboxylic acids is 1. The molecule has 0 saturated heterocycles. The normalized spacial score (nSPS) is 14.1. The standard InChI is InChI=1S/C16H12F3N5O2S/c17-16(18,19)14-22-13(23-26-14)12-6-9-8-24(5-3-11(9)27-12)15(25)21-10-2-1-4-20-7-10/h1-2,4,6-7H,3,5,8H2,(H,21,25). The first-order chi connectivity index (χ1) is 12.9. The Morgan fingerprint density at radius 2 is 2.22 bits per heavy atom. The van der Waals surface area contributed by atoms with Gasteiger partial charge in [0.05, 0.1) is 16.8 Å².